The van der Waals surface area contributed by atoms with Gasteiger partial charge >= 0.3 is 6.15 Å². The number of halogens is 1. The highest BCUT2D eigenvalue weighted by molar-refractivity contribution is 5.91. The first-order valence-electron chi connectivity index (χ1n) is 9.61. The lowest BCUT2D eigenvalue weighted by Gasteiger charge is -2.29. The number of nitrogens with one attached hydrogen (secondary N) is 1. The molecule has 7 heteroatoms. The van der Waals surface area contributed by atoms with Gasteiger partial charge in [-0.05, 0) is 57.0 Å². The second-order valence-corrected chi connectivity index (χ2v) is 6.98. The van der Waals surface area contributed by atoms with Gasteiger partial charge in [0, 0.05) is 28.7 Å². The van der Waals surface area contributed by atoms with Crippen molar-refractivity contribution < 1.29 is 18.7 Å². The van der Waals surface area contributed by atoms with Crippen LogP contribution in [0, 0.1) is 24.1 Å². The molecule has 1 N–H and O–H groups in total. The van der Waals surface area contributed by atoms with Crippen LogP contribution in [0.5, 0.6) is 5.75 Å². The summed E-state index contributed by atoms with van der Waals surface area (Å²) >= 11 is 0. The molecular formula is C23H24FN3O3. The highest BCUT2D eigenvalue weighted by atomic mass is 19.1. The Morgan fingerprint density at radius 3 is 2.47 bits per heavy atom. The van der Waals surface area contributed by atoms with Crippen LogP contribution in [-0.2, 0) is 9.59 Å². The number of anilines is 2. The number of benzene rings is 2. The molecule has 0 saturated carbocycles. The molecule has 0 atom stereocenters. The molecule has 0 aliphatic carbocycles. The molecule has 2 aromatic carbocycles. The zero-order valence-electron chi connectivity index (χ0n) is 17.5. The second kappa shape index (κ2) is 10.2. The number of ether oxygens (including phenoxy) is 1. The van der Waals surface area contributed by atoms with Crippen LogP contribution in [0.15, 0.2) is 36.4 Å². The van der Waals surface area contributed by atoms with Gasteiger partial charge in [0.1, 0.15) is 5.82 Å². The normalized spacial score (nSPS) is 10.2. The summed E-state index contributed by atoms with van der Waals surface area (Å²) in [6.45, 7) is 8.64. The first-order valence-corrected chi connectivity index (χ1v) is 9.61. The number of nitrogens with zero attached hydrogens (tertiary/aromatic N) is 2. The smallest absolute Gasteiger partial charge is 0.373 e. The minimum absolute atomic E-state index is 0.106. The molecule has 1 heterocycles. The van der Waals surface area contributed by atoms with Crippen molar-refractivity contribution in [3.63, 3.8) is 0 Å². The van der Waals surface area contributed by atoms with Gasteiger partial charge < -0.3 is 14.6 Å². The SMILES string of the molecule is CCCOc1ccc(N(c2[nH]c3cc(C#N)ccc3c2C)C(C)C)cc1F.O=C=O. The topological polar surface area (TPSA) is 86.2 Å². The second-order valence-electron chi connectivity index (χ2n) is 6.98. The molecule has 0 amide bonds. The Bertz CT molecular complexity index is 1090. The molecule has 0 aliphatic rings. The van der Waals surface area contributed by atoms with Crippen molar-refractivity contribution in [3.8, 4) is 11.8 Å². The van der Waals surface area contributed by atoms with Crippen LogP contribution >= 0.6 is 0 Å². The lowest BCUT2D eigenvalue weighted by molar-refractivity contribution is -0.191. The summed E-state index contributed by atoms with van der Waals surface area (Å²) in [5.74, 6) is 0.806. The molecule has 3 aromatic rings. The average Bonchev–Trinajstić information content (AvgIpc) is 3.03. The van der Waals surface area contributed by atoms with Gasteiger partial charge in [-0.15, -0.1) is 0 Å². The number of H-pyrrole nitrogens is 1. The highest BCUT2D eigenvalue weighted by Gasteiger charge is 2.20. The number of aromatic nitrogens is 1. The minimum Gasteiger partial charge on any atom is -0.491 e. The maximum absolute atomic E-state index is 14.5. The van der Waals surface area contributed by atoms with E-state index in [4.69, 9.17) is 19.6 Å². The van der Waals surface area contributed by atoms with E-state index < -0.39 is 0 Å². The van der Waals surface area contributed by atoms with Crippen LogP contribution in [0.25, 0.3) is 10.9 Å². The van der Waals surface area contributed by atoms with Gasteiger partial charge in [0.05, 0.1) is 18.2 Å². The fourth-order valence-electron chi connectivity index (χ4n) is 3.29. The summed E-state index contributed by atoms with van der Waals surface area (Å²) in [6.07, 6.45) is 1.08. The summed E-state index contributed by atoms with van der Waals surface area (Å²) < 4.78 is 20.0. The van der Waals surface area contributed by atoms with Crippen molar-refractivity contribution in [1.82, 2.24) is 4.98 Å². The highest BCUT2D eigenvalue weighted by Crippen LogP contribution is 2.36. The molecule has 0 saturated heterocycles. The van der Waals surface area contributed by atoms with E-state index in [9.17, 15) is 4.39 Å². The van der Waals surface area contributed by atoms with E-state index in [2.05, 4.69) is 29.8 Å². The van der Waals surface area contributed by atoms with Gasteiger partial charge in [-0.25, -0.2) is 4.39 Å². The number of nitriles is 1. The first kappa shape index (κ1) is 22.7. The van der Waals surface area contributed by atoms with E-state index in [-0.39, 0.29) is 23.8 Å². The monoisotopic (exact) mass is 409 g/mol. The van der Waals surface area contributed by atoms with Crippen molar-refractivity contribution in [2.45, 2.75) is 40.2 Å². The Labute approximate surface area is 174 Å². The minimum atomic E-state index is -0.368. The van der Waals surface area contributed by atoms with Gasteiger partial charge in [-0.2, -0.15) is 14.9 Å². The summed E-state index contributed by atoms with van der Waals surface area (Å²) in [5, 5.41) is 10.2. The molecular weight excluding hydrogens is 385 g/mol. The van der Waals surface area contributed by atoms with E-state index >= 15 is 0 Å². The predicted molar refractivity (Wildman–Crippen MR) is 112 cm³/mol. The zero-order chi connectivity index (χ0) is 22.3. The van der Waals surface area contributed by atoms with Crippen molar-refractivity contribution in [2.75, 3.05) is 11.5 Å². The van der Waals surface area contributed by atoms with E-state index in [1.54, 1.807) is 6.07 Å². The largest absolute Gasteiger partial charge is 0.491 e. The molecule has 0 aliphatic heterocycles. The fraction of sp³-hybridized carbons (Fsp3) is 0.304. The standard InChI is InChI=1S/C22H24FN3O.CO2/c1-5-10-27-21-9-7-17(12-19(21)23)26(14(2)3)22-15(4)18-8-6-16(13-24)11-20(18)25-22;2-1-3/h6-9,11-12,14,25H,5,10H2,1-4H3;. The average molecular weight is 409 g/mol. The van der Waals surface area contributed by atoms with Crippen molar-refractivity contribution in [1.29, 1.82) is 5.26 Å². The van der Waals surface area contributed by atoms with Crippen LogP contribution in [0.1, 0.15) is 38.3 Å². The van der Waals surface area contributed by atoms with Crippen molar-refractivity contribution in [3.05, 3.63) is 53.3 Å². The third-order valence-corrected chi connectivity index (χ3v) is 4.57. The number of hydrogen-bond acceptors (Lipinski definition) is 5. The molecule has 0 radical (unpaired) electrons. The maximum Gasteiger partial charge on any atom is 0.373 e. The molecule has 1 aromatic heterocycles. The van der Waals surface area contributed by atoms with E-state index in [1.165, 1.54) is 6.07 Å². The lowest BCUT2D eigenvalue weighted by Crippen LogP contribution is -2.26. The van der Waals surface area contributed by atoms with E-state index in [0.717, 1.165) is 34.4 Å². The molecule has 3 rings (SSSR count). The Morgan fingerprint density at radius 1 is 1.20 bits per heavy atom. The van der Waals surface area contributed by atoms with Gasteiger partial charge in [0.2, 0.25) is 0 Å². The van der Waals surface area contributed by atoms with Crippen LogP contribution < -0.4 is 9.64 Å². The summed E-state index contributed by atoms with van der Waals surface area (Å²) in [4.78, 5) is 21.7. The molecule has 6 nitrogen and oxygen atoms in total. The quantitative estimate of drug-likeness (QED) is 0.602. The number of rotatable bonds is 6. The fourth-order valence-corrected chi connectivity index (χ4v) is 3.29. The molecule has 30 heavy (non-hydrogen) atoms. The summed E-state index contributed by atoms with van der Waals surface area (Å²) in [7, 11) is 0. The number of fused-ring (bicyclic) bond motifs is 1. The Hall–Kier alpha value is -3.62. The van der Waals surface area contributed by atoms with Gasteiger partial charge in [0.15, 0.2) is 11.6 Å². The van der Waals surface area contributed by atoms with Gasteiger partial charge in [-0.3, -0.25) is 0 Å². The predicted octanol–water partition coefficient (Wildman–Crippen LogP) is 5.24. The van der Waals surface area contributed by atoms with Crippen LogP contribution in [0.3, 0.4) is 0 Å². The Balaban J connectivity index is 0.00000101. The van der Waals surface area contributed by atoms with Crippen molar-refractivity contribution in [2.24, 2.45) is 0 Å². The van der Waals surface area contributed by atoms with E-state index in [0.29, 0.717) is 12.2 Å². The Morgan fingerprint density at radius 2 is 1.90 bits per heavy atom. The molecule has 156 valence electrons. The lowest BCUT2D eigenvalue weighted by atomic mass is 10.1. The molecule has 0 bridgehead atoms. The van der Waals surface area contributed by atoms with Crippen molar-refractivity contribution >= 4 is 28.6 Å². The van der Waals surface area contributed by atoms with Crippen LogP contribution in [0.2, 0.25) is 0 Å². The third kappa shape index (κ3) is 4.86. The van der Waals surface area contributed by atoms with Crippen LogP contribution in [0.4, 0.5) is 15.9 Å². The number of carbonyl (C=O) groups excluding carboxylic acids is 2. The van der Waals surface area contributed by atoms with Crippen LogP contribution in [-0.4, -0.2) is 23.8 Å². The molecule has 0 unspecified atom stereocenters. The first-order chi connectivity index (χ1) is 14.4. The maximum atomic E-state index is 14.5. The Kier molecular flexibility index (Phi) is 7.74. The number of aryl methyl sites for hydroxylation is 1. The molecule has 0 spiro atoms. The number of aromatic amines is 1. The zero-order valence-corrected chi connectivity index (χ0v) is 17.5. The number of hydrogen-bond donors (Lipinski definition) is 1. The summed E-state index contributed by atoms with van der Waals surface area (Å²) in [5.41, 5.74) is 3.32. The summed E-state index contributed by atoms with van der Waals surface area (Å²) in [6, 6.07) is 12.9. The van der Waals surface area contributed by atoms with Gasteiger partial charge in [-0.1, -0.05) is 13.0 Å². The van der Waals surface area contributed by atoms with Gasteiger partial charge in [0.25, 0.3) is 0 Å². The third-order valence-electron chi connectivity index (χ3n) is 4.57. The van der Waals surface area contributed by atoms with E-state index in [1.807, 2.05) is 38.1 Å². The molecule has 0 fully saturated rings.